The lowest BCUT2D eigenvalue weighted by Crippen LogP contribution is -2.28. The molecule has 3 aromatic rings. The van der Waals surface area contributed by atoms with E-state index in [1.165, 1.54) is 6.07 Å². The number of nitrogens with two attached hydrogens (primary N) is 1. The molecule has 2 amide bonds. The summed E-state index contributed by atoms with van der Waals surface area (Å²) in [6, 6.07) is 21.7. The standard InChI is InChI=1S/C32H32N6O4/c1-37(2)21-12-8-19(9-13-21)17-34-31(40)23-6-5-7-25-29(23)36-30-26(42-25)16-24(39)28(33)27(30)32(41)35-18-20-10-14-22(15-11-20)38(3)4/h5-16H,17-18,33H2,1-4H3,(H,34,40)(H,35,41). The van der Waals surface area contributed by atoms with Crippen LogP contribution >= 0.6 is 0 Å². The lowest BCUT2D eigenvalue weighted by molar-refractivity contribution is 0.0944. The van der Waals surface area contributed by atoms with E-state index in [1.807, 2.05) is 86.5 Å². The van der Waals surface area contributed by atoms with Crippen LogP contribution in [0.4, 0.5) is 17.1 Å². The predicted octanol–water partition coefficient (Wildman–Crippen LogP) is 3.87. The maximum atomic E-state index is 13.4. The van der Waals surface area contributed by atoms with Crippen molar-refractivity contribution in [1.29, 1.82) is 0 Å². The van der Waals surface area contributed by atoms with Crippen molar-refractivity contribution in [2.45, 2.75) is 13.1 Å². The Kier molecular flexibility index (Phi) is 7.79. The number of para-hydroxylation sites is 1. The third-order valence-electron chi connectivity index (χ3n) is 6.99. The Bertz CT molecular complexity index is 1790. The number of aromatic nitrogens is 1. The molecule has 5 rings (SSSR count). The van der Waals surface area contributed by atoms with Crippen LogP contribution in [0.5, 0.6) is 0 Å². The molecule has 0 atom stereocenters. The van der Waals surface area contributed by atoms with E-state index in [2.05, 4.69) is 15.6 Å². The molecule has 0 saturated heterocycles. The molecule has 0 fully saturated rings. The molecule has 0 spiro atoms. The van der Waals surface area contributed by atoms with Crippen molar-refractivity contribution >= 4 is 40.0 Å². The zero-order chi connectivity index (χ0) is 30.0. The van der Waals surface area contributed by atoms with Gasteiger partial charge >= 0.3 is 0 Å². The van der Waals surface area contributed by atoms with Crippen LogP contribution in [-0.2, 0) is 13.1 Å². The van der Waals surface area contributed by atoms with Crippen LogP contribution in [-0.4, -0.2) is 45.0 Å². The molecule has 0 unspecified atom stereocenters. The first-order valence-corrected chi connectivity index (χ1v) is 13.4. The molecule has 1 aliphatic carbocycles. The summed E-state index contributed by atoms with van der Waals surface area (Å²) in [5, 5.41) is 5.74. The number of nitrogen functional groups attached to an aromatic ring is 1. The molecular weight excluding hydrogens is 532 g/mol. The number of nitrogens with zero attached hydrogens (tertiary/aromatic N) is 3. The van der Waals surface area contributed by atoms with Gasteiger partial charge in [0.2, 0.25) is 5.43 Å². The highest BCUT2D eigenvalue weighted by Crippen LogP contribution is 2.31. The Morgan fingerprint density at radius 2 is 1.36 bits per heavy atom. The van der Waals surface area contributed by atoms with Crippen molar-refractivity contribution in [2.75, 3.05) is 43.7 Å². The highest BCUT2D eigenvalue weighted by molar-refractivity contribution is 6.07. The number of carbonyl (C=O) groups is 2. The first-order chi connectivity index (χ1) is 20.1. The molecule has 3 aromatic carbocycles. The molecular formula is C32H32N6O4. The van der Waals surface area contributed by atoms with Gasteiger partial charge < -0.3 is 30.6 Å². The highest BCUT2D eigenvalue weighted by atomic mass is 16.3. The largest absolute Gasteiger partial charge is 0.453 e. The van der Waals surface area contributed by atoms with Crippen molar-refractivity contribution in [3.8, 4) is 11.5 Å². The quantitative estimate of drug-likeness (QED) is 0.191. The summed E-state index contributed by atoms with van der Waals surface area (Å²) in [5.41, 5.74) is 10.0. The fourth-order valence-corrected chi connectivity index (χ4v) is 4.56. The minimum Gasteiger partial charge on any atom is -0.453 e. The fraction of sp³-hybridized carbons (Fsp3) is 0.188. The Hall–Kier alpha value is -5.38. The molecule has 0 aromatic heterocycles. The third kappa shape index (κ3) is 5.73. The summed E-state index contributed by atoms with van der Waals surface area (Å²) < 4.78 is 5.97. The molecule has 10 nitrogen and oxygen atoms in total. The molecule has 0 radical (unpaired) electrons. The molecule has 10 heteroatoms. The van der Waals surface area contributed by atoms with Crippen molar-refractivity contribution in [2.24, 2.45) is 0 Å². The number of fused-ring (bicyclic) bond motifs is 2. The molecule has 4 N–H and O–H groups in total. The Balaban J connectivity index is 1.44. The van der Waals surface area contributed by atoms with E-state index in [0.717, 1.165) is 22.5 Å². The number of rotatable bonds is 8. The van der Waals surface area contributed by atoms with E-state index in [1.54, 1.807) is 18.2 Å². The van der Waals surface area contributed by atoms with Crippen molar-refractivity contribution < 1.29 is 14.0 Å². The monoisotopic (exact) mass is 564 g/mol. The topological polar surface area (TPSA) is 134 Å². The fourth-order valence-electron chi connectivity index (χ4n) is 4.56. The van der Waals surface area contributed by atoms with Crippen molar-refractivity contribution in [3.63, 3.8) is 0 Å². The van der Waals surface area contributed by atoms with Gasteiger partial charge in [-0.15, -0.1) is 0 Å². The van der Waals surface area contributed by atoms with Gasteiger partial charge in [0.25, 0.3) is 11.8 Å². The Morgan fingerprint density at radius 3 is 1.90 bits per heavy atom. The summed E-state index contributed by atoms with van der Waals surface area (Å²) in [4.78, 5) is 47.9. The summed E-state index contributed by atoms with van der Waals surface area (Å²) in [6.07, 6.45) is 0. The first-order valence-electron chi connectivity index (χ1n) is 13.4. The van der Waals surface area contributed by atoms with Gasteiger partial charge in [-0.3, -0.25) is 14.4 Å². The summed E-state index contributed by atoms with van der Waals surface area (Å²) in [7, 11) is 7.82. The van der Waals surface area contributed by atoms with Crippen LogP contribution in [0.2, 0.25) is 0 Å². The first kappa shape index (κ1) is 28.2. The second kappa shape index (κ2) is 11.6. The number of hydrogen-bond donors (Lipinski definition) is 3. The summed E-state index contributed by atoms with van der Waals surface area (Å²) >= 11 is 0. The van der Waals surface area contributed by atoms with E-state index in [4.69, 9.17) is 10.2 Å². The average molecular weight is 565 g/mol. The minimum atomic E-state index is -0.572. The second-order valence-corrected chi connectivity index (χ2v) is 10.4. The van der Waals surface area contributed by atoms with Crippen LogP contribution in [0.15, 0.2) is 82.0 Å². The number of anilines is 3. The molecule has 2 aliphatic rings. The van der Waals surface area contributed by atoms with E-state index in [-0.39, 0.29) is 46.2 Å². The number of nitrogens with one attached hydrogen (secondary N) is 2. The molecule has 42 heavy (non-hydrogen) atoms. The van der Waals surface area contributed by atoms with Gasteiger partial charge in [0.05, 0.1) is 16.8 Å². The van der Waals surface area contributed by atoms with Gasteiger partial charge in [-0.1, -0.05) is 30.3 Å². The van der Waals surface area contributed by atoms with Crippen LogP contribution in [0.25, 0.3) is 22.6 Å². The van der Waals surface area contributed by atoms with Crippen molar-refractivity contribution in [3.05, 3.63) is 105 Å². The van der Waals surface area contributed by atoms with Crippen molar-refractivity contribution in [1.82, 2.24) is 15.6 Å². The lowest BCUT2D eigenvalue weighted by Gasteiger charge is -2.15. The molecule has 214 valence electrons. The number of amides is 2. The van der Waals surface area contributed by atoms with Gasteiger partial charge in [0.15, 0.2) is 11.3 Å². The number of carbonyl (C=O) groups excluding carboxylic acids is 2. The number of hydrogen-bond acceptors (Lipinski definition) is 8. The SMILES string of the molecule is CN(C)c1ccc(CNC(=O)c2c3nc4c(C(=O)NCc5ccc(N(C)C)cc5)cccc4oc-3cc(=O)c2N)cc1. The Labute approximate surface area is 243 Å². The number of benzene rings is 4. The van der Waals surface area contributed by atoms with Gasteiger partial charge in [-0.2, -0.15) is 0 Å². The average Bonchev–Trinajstić information content (AvgIpc) is 2.98. The smallest absolute Gasteiger partial charge is 0.256 e. The highest BCUT2D eigenvalue weighted by Gasteiger charge is 2.26. The molecule has 0 bridgehead atoms. The van der Waals surface area contributed by atoms with Crippen LogP contribution < -0.4 is 31.6 Å². The maximum Gasteiger partial charge on any atom is 0.256 e. The molecule has 1 aliphatic heterocycles. The van der Waals surface area contributed by atoms with E-state index >= 15 is 0 Å². The minimum absolute atomic E-state index is 0.0933. The van der Waals surface area contributed by atoms with Crippen LogP contribution in [0.1, 0.15) is 31.8 Å². The van der Waals surface area contributed by atoms with Gasteiger partial charge in [-0.25, -0.2) is 4.98 Å². The second-order valence-electron chi connectivity index (χ2n) is 10.4. The zero-order valence-electron chi connectivity index (χ0n) is 23.9. The van der Waals surface area contributed by atoms with Gasteiger partial charge in [0.1, 0.15) is 11.2 Å². The predicted molar refractivity (Wildman–Crippen MR) is 165 cm³/mol. The van der Waals surface area contributed by atoms with Gasteiger partial charge in [0, 0.05) is 58.7 Å². The van der Waals surface area contributed by atoms with Gasteiger partial charge in [-0.05, 0) is 47.5 Å². The van der Waals surface area contributed by atoms with Crippen LogP contribution in [0.3, 0.4) is 0 Å². The van der Waals surface area contributed by atoms with E-state index in [0.29, 0.717) is 12.1 Å². The third-order valence-corrected chi connectivity index (χ3v) is 6.99. The normalized spacial score (nSPS) is 11.0. The van der Waals surface area contributed by atoms with E-state index in [9.17, 15) is 14.4 Å². The molecule has 0 saturated carbocycles. The molecule has 1 heterocycles. The Morgan fingerprint density at radius 1 is 0.810 bits per heavy atom. The van der Waals surface area contributed by atoms with Crippen LogP contribution in [0, 0.1) is 0 Å². The zero-order valence-corrected chi connectivity index (χ0v) is 23.9. The lowest BCUT2D eigenvalue weighted by atomic mass is 10.0. The van der Waals surface area contributed by atoms with E-state index < -0.39 is 11.3 Å². The summed E-state index contributed by atoms with van der Waals surface area (Å²) in [5.74, 6) is -0.835. The summed E-state index contributed by atoms with van der Waals surface area (Å²) in [6.45, 7) is 0.522. The maximum absolute atomic E-state index is 13.4.